The van der Waals surface area contributed by atoms with Gasteiger partial charge >= 0.3 is 0 Å². The summed E-state index contributed by atoms with van der Waals surface area (Å²) in [6.45, 7) is 0.724. The molecule has 0 atom stereocenters. The van der Waals surface area contributed by atoms with Crippen LogP contribution in [-0.2, 0) is 6.54 Å². The molecule has 1 aromatic heterocycles. The van der Waals surface area contributed by atoms with Crippen LogP contribution in [0, 0.1) is 0 Å². The Balaban J connectivity index is 2.21. The average Bonchev–Trinajstić information content (AvgIpc) is 2.68. The predicted molar refractivity (Wildman–Crippen MR) is 57.2 cm³/mol. The van der Waals surface area contributed by atoms with Gasteiger partial charge in [0.2, 0.25) is 0 Å². The minimum atomic E-state index is 0.640. The van der Waals surface area contributed by atoms with Gasteiger partial charge in [-0.15, -0.1) is 0 Å². The Morgan fingerprint density at radius 2 is 2.13 bits per heavy atom. The highest BCUT2D eigenvalue weighted by molar-refractivity contribution is 5.74. The van der Waals surface area contributed by atoms with E-state index in [-0.39, 0.29) is 0 Å². The third-order valence-corrected chi connectivity index (χ3v) is 2.12. The molecule has 0 amide bonds. The fourth-order valence-electron chi connectivity index (χ4n) is 1.41. The van der Waals surface area contributed by atoms with Crippen molar-refractivity contribution in [3.63, 3.8) is 0 Å². The quantitative estimate of drug-likeness (QED) is 0.467. The molecule has 0 aliphatic rings. The highest BCUT2D eigenvalue weighted by atomic mass is 16.4. The topological polar surface area (TPSA) is 50.4 Å². The molecule has 4 heteroatoms. The summed E-state index contributed by atoms with van der Waals surface area (Å²) in [6.07, 6.45) is 4.85. The molecule has 15 heavy (non-hydrogen) atoms. The summed E-state index contributed by atoms with van der Waals surface area (Å²) < 4.78 is 1.91. The molecular weight excluding hydrogens is 190 g/mol. The molecule has 0 saturated heterocycles. The monoisotopic (exact) mass is 201 g/mol. The van der Waals surface area contributed by atoms with Crippen LogP contribution < -0.4 is 0 Å². The summed E-state index contributed by atoms with van der Waals surface area (Å²) in [7, 11) is 0. The van der Waals surface area contributed by atoms with Crippen LogP contribution in [0.1, 0.15) is 11.4 Å². The molecular formula is C11H11N3O. The van der Waals surface area contributed by atoms with Gasteiger partial charge < -0.3 is 9.77 Å². The first-order valence-electron chi connectivity index (χ1n) is 4.62. The summed E-state index contributed by atoms with van der Waals surface area (Å²) in [5.41, 5.74) is 1.18. The van der Waals surface area contributed by atoms with E-state index in [0.29, 0.717) is 5.82 Å². The molecule has 1 aromatic carbocycles. The van der Waals surface area contributed by atoms with Gasteiger partial charge in [-0.25, -0.2) is 4.98 Å². The molecule has 76 valence electrons. The van der Waals surface area contributed by atoms with E-state index in [2.05, 4.69) is 10.1 Å². The molecule has 0 saturated carbocycles. The van der Waals surface area contributed by atoms with Crippen LogP contribution in [-0.4, -0.2) is 21.0 Å². The van der Waals surface area contributed by atoms with Crippen LogP contribution in [0.15, 0.2) is 47.9 Å². The fraction of sp³-hybridized carbons (Fsp3) is 0.0909. The Kier molecular flexibility index (Phi) is 2.78. The molecule has 0 radical (unpaired) electrons. The van der Waals surface area contributed by atoms with Gasteiger partial charge in [-0.2, -0.15) is 0 Å². The lowest BCUT2D eigenvalue weighted by molar-refractivity contribution is 0.321. The van der Waals surface area contributed by atoms with Crippen molar-refractivity contribution in [1.82, 2.24) is 9.55 Å². The third-order valence-electron chi connectivity index (χ3n) is 2.12. The van der Waals surface area contributed by atoms with E-state index in [1.807, 2.05) is 41.1 Å². The molecule has 0 spiro atoms. The lowest BCUT2D eigenvalue weighted by atomic mass is 10.2. The maximum Gasteiger partial charge on any atom is 0.154 e. The van der Waals surface area contributed by atoms with Gasteiger partial charge in [0, 0.05) is 18.9 Å². The lowest BCUT2D eigenvalue weighted by Gasteiger charge is -2.04. The maximum absolute atomic E-state index is 8.44. The maximum atomic E-state index is 8.44. The number of hydrogen-bond acceptors (Lipinski definition) is 3. The van der Waals surface area contributed by atoms with Crippen LogP contribution in [0.5, 0.6) is 0 Å². The van der Waals surface area contributed by atoms with Crippen molar-refractivity contribution in [2.75, 3.05) is 0 Å². The van der Waals surface area contributed by atoms with Crippen molar-refractivity contribution in [3.05, 3.63) is 54.1 Å². The number of hydrogen-bond donors (Lipinski definition) is 1. The predicted octanol–water partition coefficient (Wildman–Crippen LogP) is 1.74. The molecule has 2 rings (SSSR count). The molecule has 0 fully saturated rings. The molecule has 1 N–H and O–H groups in total. The molecule has 0 unspecified atom stereocenters. The summed E-state index contributed by atoms with van der Waals surface area (Å²) in [5, 5.41) is 11.4. The third kappa shape index (κ3) is 2.22. The largest absolute Gasteiger partial charge is 0.411 e. The van der Waals surface area contributed by atoms with Gasteiger partial charge in [-0.3, -0.25) is 0 Å². The van der Waals surface area contributed by atoms with Crippen LogP contribution in [0.4, 0.5) is 0 Å². The Morgan fingerprint density at radius 1 is 1.33 bits per heavy atom. The SMILES string of the molecule is ON=Cc1nccn1Cc1ccccc1. The standard InChI is InChI=1S/C11H11N3O/c15-13-8-11-12-6-7-14(11)9-10-4-2-1-3-5-10/h1-8,15H,9H2. The number of aromatic nitrogens is 2. The van der Waals surface area contributed by atoms with Crippen molar-refractivity contribution < 1.29 is 5.21 Å². The fourth-order valence-corrected chi connectivity index (χ4v) is 1.41. The van der Waals surface area contributed by atoms with Crippen LogP contribution in [0.2, 0.25) is 0 Å². The number of nitrogens with zero attached hydrogens (tertiary/aromatic N) is 3. The zero-order chi connectivity index (χ0) is 10.5. The first-order chi connectivity index (χ1) is 7.40. The van der Waals surface area contributed by atoms with Crippen molar-refractivity contribution >= 4 is 6.21 Å². The van der Waals surface area contributed by atoms with Gasteiger partial charge in [0.15, 0.2) is 5.82 Å². The van der Waals surface area contributed by atoms with E-state index in [1.165, 1.54) is 11.8 Å². The second-order valence-corrected chi connectivity index (χ2v) is 3.14. The first-order valence-corrected chi connectivity index (χ1v) is 4.62. The second-order valence-electron chi connectivity index (χ2n) is 3.14. The highest BCUT2D eigenvalue weighted by Gasteiger charge is 2.00. The van der Waals surface area contributed by atoms with E-state index in [1.54, 1.807) is 6.20 Å². The van der Waals surface area contributed by atoms with Crippen LogP contribution in [0.3, 0.4) is 0 Å². The van der Waals surface area contributed by atoms with Crippen LogP contribution in [0.25, 0.3) is 0 Å². The molecule has 2 aromatic rings. The van der Waals surface area contributed by atoms with E-state index >= 15 is 0 Å². The first kappa shape index (κ1) is 9.45. The Labute approximate surface area is 87.5 Å². The van der Waals surface area contributed by atoms with Gasteiger partial charge in [0.25, 0.3) is 0 Å². The van der Waals surface area contributed by atoms with Crippen molar-refractivity contribution in [2.45, 2.75) is 6.54 Å². The van der Waals surface area contributed by atoms with E-state index in [0.717, 1.165) is 6.54 Å². The smallest absolute Gasteiger partial charge is 0.154 e. The van der Waals surface area contributed by atoms with E-state index < -0.39 is 0 Å². The molecule has 0 aliphatic carbocycles. The number of imidazole rings is 1. The van der Waals surface area contributed by atoms with E-state index in [9.17, 15) is 0 Å². The Bertz CT molecular complexity index is 448. The summed E-state index contributed by atoms with van der Waals surface area (Å²) in [4.78, 5) is 4.06. The summed E-state index contributed by atoms with van der Waals surface area (Å²) in [6, 6.07) is 10.0. The minimum Gasteiger partial charge on any atom is -0.411 e. The molecule has 4 nitrogen and oxygen atoms in total. The zero-order valence-corrected chi connectivity index (χ0v) is 8.11. The average molecular weight is 201 g/mol. The van der Waals surface area contributed by atoms with Crippen molar-refractivity contribution in [1.29, 1.82) is 0 Å². The van der Waals surface area contributed by atoms with Gasteiger partial charge in [-0.05, 0) is 5.56 Å². The van der Waals surface area contributed by atoms with E-state index in [4.69, 9.17) is 5.21 Å². The molecule has 0 bridgehead atoms. The number of rotatable bonds is 3. The Morgan fingerprint density at radius 3 is 2.87 bits per heavy atom. The zero-order valence-electron chi connectivity index (χ0n) is 8.11. The summed E-state index contributed by atoms with van der Waals surface area (Å²) in [5.74, 6) is 0.640. The summed E-state index contributed by atoms with van der Waals surface area (Å²) >= 11 is 0. The normalized spacial score (nSPS) is 10.9. The minimum absolute atomic E-state index is 0.640. The van der Waals surface area contributed by atoms with Gasteiger partial charge in [0.1, 0.15) is 6.21 Å². The molecule has 0 aliphatic heterocycles. The van der Waals surface area contributed by atoms with Crippen molar-refractivity contribution in [2.24, 2.45) is 5.16 Å². The second kappa shape index (κ2) is 4.41. The highest BCUT2D eigenvalue weighted by Crippen LogP contribution is 2.03. The van der Waals surface area contributed by atoms with Gasteiger partial charge in [0.05, 0.1) is 0 Å². The number of benzene rings is 1. The Hall–Kier alpha value is -2.10. The lowest BCUT2D eigenvalue weighted by Crippen LogP contribution is -2.03. The number of oxime groups is 1. The molecule has 1 heterocycles. The van der Waals surface area contributed by atoms with Gasteiger partial charge in [-0.1, -0.05) is 35.5 Å². The van der Waals surface area contributed by atoms with Crippen molar-refractivity contribution in [3.8, 4) is 0 Å². The van der Waals surface area contributed by atoms with Crippen LogP contribution >= 0.6 is 0 Å².